The Morgan fingerprint density at radius 2 is 1.77 bits per heavy atom. The molecule has 1 spiro atoms. The zero-order valence-electron chi connectivity index (χ0n) is 25.4. The summed E-state index contributed by atoms with van der Waals surface area (Å²) in [6.45, 7) is 11.7. The molecule has 0 radical (unpaired) electrons. The van der Waals surface area contributed by atoms with Gasteiger partial charge in [-0.2, -0.15) is 0 Å². The van der Waals surface area contributed by atoms with Gasteiger partial charge in [0.25, 0.3) is 5.91 Å². The number of hydrogen-bond donors (Lipinski definition) is 2. The molecule has 4 saturated heterocycles. The number of carbonyl (C=O) groups is 3. The van der Waals surface area contributed by atoms with Gasteiger partial charge in [0.15, 0.2) is 11.5 Å². The SMILES string of the molecule is CN1CCN([C@@H]2CCCN(c3cnc(C(N)=O)c(Nc4ccc(N5CC6(CN(C(=O)OC(C)(C)C)C6)C5)cc4)n3)C2)C1=O. The highest BCUT2D eigenvalue weighted by Crippen LogP contribution is 2.42. The lowest BCUT2D eigenvalue weighted by atomic mass is 9.73. The van der Waals surface area contributed by atoms with Gasteiger partial charge in [-0.05, 0) is 57.9 Å². The first-order valence-electron chi connectivity index (χ1n) is 14.9. The third kappa shape index (κ3) is 5.84. The summed E-state index contributed by atoms with van der Waals surface area (Å²) < 4.78 is 5.48. The Morgan fingerprint density at radius 1 is 1.05 bits per heavy atom. The van der Waals surface area contributed by atoms with Crippen molar-refractivity contribution in [2.24, 2.45) is 11.1 Å². The van der Waals surface area contributed by atoms with Gasteiger partial charge in [-0.15, -0.1) is 0 Å². The molecule has 13 heteroatoms. The normalized spacial score (nSPS) is 21.5. The molecule has 4 aliphatic rings. The van der Waals surface area contributed by atoms with E-state index in [9.17, 15) is 14.4 Å². The zero-order valence-corrected chi connectivity index (χ0v) is 25.4. The number of nitrogens with two attached hydrogens (primary N) is 1. The van der Waals surface area contributed by atoms with Gasteiger partial charge in [-0.25, -0.2) is 19.6 Å². The summed E-state index contributed by atoms with van der Waals surface area (Å²) in [5.41, 5.74) is 7.20. The Hall–Kier alpha value is -4.29. The lowest BCUT2D eigenvalue weighted by molar-refractivity contribution is -0.0453. The molecule has 4 fully saturated rings. The van der Waals surface area contributed by atoms with Crippen LogP contribution in [0.15, 0.2) is 30.5 Å². The smallest absolute Gasteiger partial charge is 0.410 e. The van der Waals surface area contributed by atoms with Crippen molar-refractivity contribution in [2.45, 2.75) is 45.3 Å². The van der Waals surface area contributed by atoms with Crippen LogP contribution >= 0.6 is 0 Å². The minimum absolute atomic E-state index is 0.0664. The molecule has 4 amide bonds. The van der Waals surface area contributed by atoms with Crippen LogP contribution in [0.1, 0.15) is 44.1 Å². The summed E-state index contributed by atoms with van der Waals surface area (Å²) in [6, 6.07) is 8.12. The number of amides is 4. The molecular formula is C30H41N9O4. The lowest BCUT2D eigenvalue weighted by Gasteiger charge is -2.60. The van der Waals surface area contributed by atoms with Crippen molar-refractivity contribution in [3.63, 3.8) is 0 Å². The second kappa shape index (κ2) is 10.8. The maximum atomic E-state index is 12.6. The second-order valence-electron chi connectivity index (χ2n) is 13.3. The molecule has 4 aliphatic heterocycles. The van der Waals surface area contributed by atoms with Crippen LogP contribution in [0.3, 0.4) is 0 Å². The van der Waals surface area contributed by atoms with Crippen LogP contribution in [-0.2, 0) is 4.74 Å². The molecule has 0 bridgehead atoms. The summed E-state index contributed by atoms with van der Waals surface area (Å²) >= 11 is 0. The molecule has 6 rings (SSSR count). The molecule has 230 valence electrons. The number of urea groups is 1. The van der Waals surface area contributed by atoms with E-state index in [1.807, 2.05) is 57.0 Å². The first kappa shape index (κ1) is 28.8. The number of aromatic nitrogens is 2. The van der Waals surface area contributed by atoms with E-state index in [1.165, 1.54) is 0 Å². The maximum Gasteiger partial charge on any atom is 0.410 e. The number of primary amides is 1. The van der Waals surface area contributed by atoms with Crippen molar-refractivity contribution in [1.82, 2.24) is 24.7 Å². The van der Waals surface area contributed by atoms with Crippen molar-refractivity contribution in [1.29, 1.82) is 0 Å². The number of hydrogen-bond acceptors (Lipinski definition) is 9. The molecular weight excluding hydrogens is 550 g/mol. The highest BCUT2D eigenvalue weighted by molar-refractivity contribution is 5.96. The third-order valence-corrected chi connectivity index (χ3v) is 8.65. The van der Waals surface area contributed by atoms with Crippen molar-refractivity contribution in [2.75, 3.05) is 74.5 Å². The van der Waals surface area contributed by atoms with Crippen LogP contribution in [0, 0.1) is 5.41 Å². The molecule has 0 unspecified atom stereocenters. The summed E-state index contributed by atoms with van der Waals surface area (Å²) in [4.78, 5) is 56.1. The fraction of sp³-hybridized carbons (Fsp3) is 0.567. The van der Waals surface area contributed by atoms with Gasteiger partial charge >= 0.3 is 12.1 Å². The Bertz CT molecular complexity index is 1400. The number of likely N-dealkylation sites (tertiary alicyclic amines) is 1. The molecule has 0 aliphatic carbocycles. The van der Waals surface area contributed by atoms with E-state index in [0.717, 1.165) is 56.9 Å². The minimum atomic E-state index is -0.660. The Balaban J connectivity index is 1.08. The molecule has 5 heterocycles. The average molecular weight is 592 g/mol. The molecule has 43 heavy (non-hydrogen) atoms. The van der Waals surface area contributed by atoms with Crippen molar-refractivity contribution < 1.29 is 19.1 Å². The summed E-state index contributed by atoms with van der Waals surface area (Å²) in [5, 5.41) is 3.24. The van der Waals surface area contributed by atoms with Gasteiger partial charge in [-0.1, -0.05) is 0 Å². The Labute approximate surface area is 251 Å². The fourth-order valence-electron chi connectivity index (χ4n) is 6.48. The van der Waals surface area contributed by atoms with E-state index in [-0.39, 0.29) is 29.3 Å². The molecule has 2 aromatic rings. The highest BCUT2D eigenvalue weighted by atomic mass is 16.6. The largest absolute Gasteiger partial charge is 0.444 e. The maximum absolute atomic E-state index is 12.6. The number of anilines is 4. The van der Waals surface area contributed by atoms with Gasteiger partial charge in [0, 0.05) is 76.2 Å². The molecule has 1 atom stereocenters. The van der Waals surface area contributed by atoms with Crippen LogP contribution in [0.4, 0.5) is 32.6 Å². The fourth-order valence-corrected chi connectivity index (χ4v) is 6.48. The highest BCUT2D eigenvalue weighted by Gasteiger charge is 2.54. The number of ether oxygens (including phenoxy) is 1. The minimum Gasteiger partial charge on any atom is -0.444 e. The van der Waals surface area contributed by atoms with E-state index in [2.05, 4.69) is 20.1 Å². The van der Waals surface area contributed by atoms with Crippen LogP contribution in [0.2, 0.25) is 0 Å². The average Bonchev–Trinajstić information content (AvgIpc) is 3.24. The predicted octanol–water partition coefficient (Wildman–Crippen LogP) is 2.71. The first-order chi connectivity index (χ1) is 20.4. The van der Waals surface area contributed by atoms with Gasteiger partial charge in [0.2, 0.25) is 0 Å². The summed E-state index contributed by atoms with van der Waals surface area (Å²) in [5.74, 6) is 0.282. The first-order valence-corrected chi connectivity index (χ1v) is 14.9. The van der Waals surface area contributed by atoms with Crippen molar-refractivity contribution in [3.8, 4) is 0 Å². The molecule has 13 nitrogen and oxygen atoms in total. The van der Waals surface area contributed by atoms with Gasteiger partial charge < -0.3 is 40.3 Å². The van der Waals surface area contributed by atoms with Crippen molar-refractivity contribution in [3.05, 3.63) is 36.2 Å². The number of benzene rings is 1. The van der Waals surface area contributed by atoms with Gasteiger partial charge in [0.05, 0.1) is 12.2 Å². The number of likely N-dealkylation sites (N-methyl/N-ethyl adjacent to an activating group) is 1. The number of nitrogens with one attached hydrogen (secondary N) is 1. The summed E-state index contributed by atoms with van der Waals surface area (Å²) in [6.07, 6.45) is 3.21. The van der Waals surface area contributed by atoms with E-state index in [1.54, 1.807) is 16.0 Å². The van der Waals surface area contributed by atoms with E-state index < -0.39 is 11.5 Å². The quantitative estimate of drug-likeness (QED) is 0.519. The standard InChI is InChI=1S/C30H41N9O4/c1-29(2,3)43-28(42)38-18-30(19-38)16-37(17-30)21-9-7-20(8-10-21)33-26-24(25(31)40)32-14-23(34-26)36-11-5-6-22(15-36)39-13-12-35(4)27(39)41/h7-10,14,22H,5-6,11-13,15-19H2,1-4H3,(H2,31,40)(H,33,34)/t22-/m1/s1. The van der Waals surface area contributed by atoms with E-state index in [0.29, 0.717) is 31.3 Å². The Morgan fingerprint density at radius 3 is 2.40 bits per heavy atom. The number of piperidine rings is 1. The number of carbonyl (C=O) groups excluding carboxylic acids is 3. The second-order valence-corrected chi connectivity index (χ2v) is 13.3. The molecule has 1 aromatic heterocycles. The monoisotopic (exact) mass is 591 g/mol. The van der Waals surface area contributed by atoms with Crippen LogP contribution in [0.5, 0.6) is 0 Å². The third-order valence-electron chi connectivity index (χ3n) is 8.65. The van der Waals surface area contributed by atoms with Crippen LogP contribution < -0.4 is 20.9 Å². The van der Waals surface area contributed by atoms with Gasteiger partial charge in [-0.3, -0.25) is 4.79 Å². The number of nitrogens with zero attached hydrogens (tertiary/aromatic N) is 7. The molecule has 0 saturated carbocycles. The van der Waals surface area contributed by atoms with E-state index >= 15 is 0 Å². The van der Waals surface area contributed by atoms with Crippen LogP contribution in [-0.4, -0.2) is 114 Å². The van der Waals surface area contributed by atoms with Gasteiger partial charge in [0.1, 0.15) is 11.4 Å². The summed E-state index contributed by atoms with van der Waals surface area (Å²) in [7, 11) is 1.83. The molecule has 1 aromatic carbocycles. The van der Waals surface area contributed by atoms with E-state index in [4.69, 9.17) is 15.5 Å². The lowest BCUT2D eigenvalue weighted by Crippen LogP contribution is -2.73. The zero-order chi connectivity index (χ0) is 30.5. The Kier molecular flexibility index (Phi) is 7.21. The molecule has 3 N–H and O–H groups in total. The van der Waals surface area contributed by atoms with Crippen LogP contribution in [0.25, 0.3) is 0 Å². The van der Waals surface area contributed by atoms with Crippen molar-refractivity contribution >= 4 is 41.0 Å². The predicted molar refractivity (Wildman–Crippen MR) is 163 cm³/mol. The number of rotatable bonds is 6. The topological polar surface area (TPSA) is 140 Å².